The van der Waals surface area contributed by atoms with Gasteiger partial charge in [-0.15, -0.1) is 0 Å². The van der Waals surface area contributed by atoms with Crippen molar-refractivity contribution in [2.75, 3.05) is 26.3 Å². The molecule has 142 valence electrons. The molecule has 0 spiro atoms. The van der Waals surface area contributed by atoms with E-state index in [1.165, 1.54) is 6.08 Å². The van der Waals surface area contributed by atoms with E-state index in [2.05, 4.69) is 6.58 Å². The average molecular weight is 365 g/mol. The van der Waals surface area contributed by atoms with Gasteiger partial charge in [-0.05, 0) is 18.6 Å². The van der Waals surface area contributed by atoms with Crippen molar-refractivity contribution >= 4 is 11.9 Å². The van der Waals surface area contributed by atoms with Gasteiger partial charge < -0.3 is 29.5 Å². The molecule has 2 saturated heterocycles. The van der Waals surface area contributed by atoms with Gasteiger partial charge in [0.2, 0.25) is 5.60 Å². The molecule has 3 aliphatic rings. The summed E-state index contributed by atoms with van der Waals surface area (Å²) in [5.74, 6) is -1.67. The minimum atomic E-state index is -2.33. The summed E-state index contributed by atoms with van der Waals surface area (Å²) in [6, 6.07) is -0.616. The second-order valence-electron chi connectivity index (χ2n) is 7.00. The van der Waals surface area contributed by atoms with Gasteiger partial charge in [-0.25, -0.2) is 9.59 Å². The third-order valence-electron chi connectivity index (χ3n) is 5.49. The molecule has 8 nitrogen and oxygen atoms in total. The van der Waals surface area contributed by atoms with Crippen molar-refractivity contribution in [3.8, 4) is 0 Å². The molecule has 0 aromatic carbocycles. The molecular formula is C18H23NO7. The van der Waals surface area contributed by atoms with E-state index in [1.807, 2.05) is 0 Å². The van der Waals surface area contributed by atoms with Crippen LogP contribution in [-0.2, 0) is 19.1 Å². The Labute approximate surface area is 151 Å². The average Bonchev–Trinajstić information content (AvgIpc) is 3.11. The number of carbonyl (C=O) groups excluding carboxylic acids is 2. The molecule has 0 radical (unpaired) electrons. The van der Waals surface area contributed by atoms with E-state index in [9.17, 15) is 25.0 Å². The lowest BCUT2D eigenvalue weighted by molar-refractivity contribution is -0.877. The first-order valence-electron chi connectivity index (χ1n) is 8.56. The van der Waals surface area contributed by atoms with Crippen LogP contribution in [0.5, 0.6) is 0 Å². The van der Waals surface area contributed by atoms with Crippen molar-refractivity contribution in [1.29, 1.82) is 0 Å². The van der Waals surface area contributed by atoms with Gasteiger partial charge in [0.15, 0.2) is 12.1 Å². The fraction of sp³-hybridized carbons (Fsp3) is 0.556. The Morgan fingerprint density at radius 3 is 2.88 bits per heavy atom. The second kappa shape index (κ2) is 6.62. The van der Waals surface area contributed by atoms with E-state index in [0.717, 1.165) is 0 Å². The first-order valence-corrected chi connectivity index (χ1v) is 8.56. The largest absolute Gasteiger partial charge is 0.632 e. The van der Waals surface area contributed by atoms with Crippen molar-refractivity contribution < 1.29 is 33.9 Å². The van der Waals surface area contributed by atoms with Crippen molar-refractivity contribution in [2.24, 2.45) is 0 Å². The van der Waals surface area contributed by atoms with Crippen molar-refractivity contribution in [2.45, 2.75) is 37.5 Å². The Hall–Kier alpha value is -2.00. The number of ether oxygens (including phenoxy) is 2. The summed E-state index contributed by atoms with van der Waals surface area (Å²) < 4.78 is 10.2. The highest BCUT2D eigenvalue weighted by atomic mass is 16.6. The molecule has 2 N–H and O–H groups in total. The van der Waals surface area contributed by atoms with Crippen LogP contribution in [0, 0.1) is 5.21 Å². The molecule has 0 amide bonds. The standard InChI is InChI=1S/C18H23NO7/c1-3-12-8-11(2)18(23,10-20)17(22)25-9-13-4-6-19(24)7-5-14(15(13)19)26-16(12)21/h3-4,14-15,20,23H,2,5-10H2,1H3. The molecule has 3 aliphatic heterocycles. The summed E-state index contributed by atoms with van der Waals surface area (Å²) >= 11 is 0. The van der Waals surface area contributed by atoms with Gasteiger partial charge >= 0.3 is 11.9 Å². The van der Waals surface area contributed by atoms with Crippen LogP contribution < -0.4 is 0 Å². The molecule has 0 aromatic heterocycles. The predicted octanol–water partition coefficient (Wildman–Crippen LogP) is 0.0979. The van der Waals surface area contributed by atoms with Crippen molar-refractivity contribution in [3.63, 3.8) is 0 Å². The van der Waals surface area contributed by atoms with Crippen LogP contribution in [0.4, 0.5) is 0 Å². The number of cyclic esters (lactones) is 1. The summed E-state index contributed by atoms with van der Waals surface area (Å²) in [7, 11) is 0. The van der Waals surface area contributed by atoms with Crippen LogP contribution in [0.15, 0.2) is 35.5 Å². The number of quaternary nitrogens is 1. The molecule has 2 fully saturated rings. The maximum Gasteiger partial charge on any atom is 0.345 e. The number of hydrogen-bond donors (Lipinski definition) is 2. The van der Waals surface area contributed by atoms with E-state index in [0.29, 0.717) is 18.5 Å². The number of carbonyl (C=O) groups is 2. The molecule has 0 aromatic rings. The minimum Gasteiger partial charge on any atom is -0.632 e. The van der Waals surface area contributed by atoms with Crippen molar-refractivity contribution in [3.05, 3.63) is 40.7 Å². The summed E-state index contributed by atoms with van der Waals surface area (Å²) in [6.45, 7) is 4.67. The van der Waals surface area contributed by atoms with E-state index in [1.54, 1.807) is 13.0 Å². The number of rotatable bonds is 1. The van der Waals surface area contributed by atoms with Gasteiger partial charge in [-0.3, -0.25) is 0 Å². The quantitative estimate of drug-likeness (QED) is 0.222. The molecule has 0 bridgehead atoms. The third-order valence-corrected chi connectivity index (χ3v) is 5.49. The zero-order valence-electron chi connectivity index (χ0n) is 14.6. The summed E-state index contributed by atoms with van der Waals surface area (Å²) in [5.41, 5.74) is -1.63. The molecule has 8 heteroatoms. The van der Waals surface area contributed by atoms with E-state index in [4.69, 9.17) is 9.47 Å². The smallest absolute Gasteiger partial charge is 0.345 e. The molecule has 4 atom stereocenters. The highest BCUT2D eigenvalue weighted by molar-refractivity contribution is 5.90. The van der Waals surface area contributed by atoms with E-state index in [-0.39, 0.29) is 30.7 Å². The van der Waals surface area contributed by atoms with Crippen LogP contribution in [0.25, 0.3) is 0 Å². The lowest BCUT2D eigenvalue weighted by Gasteiger charge is -2.40. The topological polar surface area (TPSA) is 116 Å². The summed E-state index contributed by atoms with van der Waals surface area (Å²) in [5, 5.41) is 33.0. The first-order chi connectivity index (χ1) is 12.2. The molecule has 0 saturated carbocycles. The molecule has 3 heterocycles. The van der Waals surface area contributed by atoms with Crippen LogP contribution in [-0.4, -0.2) is 70.8 Å². The zero-order chi connectivity index (χ0) is 19.1. The van der Waals surface area contributed by atoms with Gasteiger partial charge in [0.25, 0.3) is 0 Å². The molecule has 4 unspecified atom stereocenters. The normalized spacial score (nSPS) is 39.6. The Bertz CT molecular complexity index is 712. The maximum absolute atomic E-state index is 12.9. The number of hydrogen-bond acceptors (Lipinski definition) is 7. The van der Waals surface area contributed by atoms with Crippen LogP contribution in [0.1, 0.15) is 19.8 Å². The fourth-order valence-electron chi connectivity index (χ4n) is 3.82. The fourth-order valence-corrected chi connectivity index (χ4v) is 3.82. The zero-order valence-corrected chi connectivity index (χ0v) is 14.6. The van der Waals surface area contributed by atoms with Gasteiger partial charge in [0, 0.05) is 24.0 Å². The lowest BCUT2D eigenvalue weighted by atomic mass is 9.90. The van der Waals surface area contributed by atoms with E-state index < -0.39 is 40.9 Å². The second-order valence-corrected chi connectivity index (χ2v) is 7.00. The van der Waals surface area contributed by atoms with Crippen LogP contribution in [0.2, 0.25) is 0 Å². The molecule has 0 aliphatic carbocycles. The van der Waals surface area contributed by atoms with Crippen molar-refractivity contribution in [1.82, 2.24) is 0 Å². The maximum atomic E-state index is 12.9. The van der Waals surface area contributed by atoms with E-state index >= 15 is 0 Å². The lowest BCUT2D eigenvalue weighted by Crippen LogP contribution is -2.49. The third kappa shape index (κ3) is 2.88. The van der Waals surface area contributed by atoms with Crippen LogP contribution in [0.3, 0.4) is 0 Å². The Morgan fingerprint density at radius 2 is 2.23 bits per heavy atom. The SMILES string of the molecule is C=C1CC(=CC)C(=O)OC2CC[N+]3([O-])CC=C(COC(=O)C1(O)CO)C23. The monoisotopic (exact) mass is 365 g/mol. The predicted molar refractivity (Wildman–Crippen MR) is 90.2 cm³/mol. The number of esters is 2. The number of aliphatic hydroxyl groups excluding tert-OH is 1. The van der Waals surface area contributed by atoms with Gasteiger partial charge in [0.05, 0.1) is 19.7 Å². The minimum absolute atomic E-state index is 0.0621. The summed E-state index contributed by atoms with van der Waals surface area (Å²) in [4.78, 5) is 24.9. The summed E-state index contributed by atoms with van der Waals surface area (Å²) in [6.07, 6.45) is 2.89. The number of hydroxylamine groups is 3. The molecule has 26 heavy (non-hydrogen) atoms. The van der Waals surface area contributed by atoms with Gasteiger partial charge in [-0.1, -0.05) is 12.7 Å². The highest BCUT2D eigenvalue weighted by Gasteiger charge is 2.51. The number of nitrogens with zero attached hydrogens (tertiary/aromatic N) is 1. The first kappa shape index (κ1) is 18.8. The number of allylic oxidation sites excluding steroid dienone is 1. The van der Waals surface area contributed by atoms with Gasteiger partial charge in [-0.2, -0.15) is 0 Å². The molecular weight excluding hydrogens is 342 g/mol. The highest BCUT2D eigenvalue weighted by Crippen LogP contribution is 2.39. The van der Waals surface area contributed by atoms with Crippen LogP contribution >= 0.6 is 0 Å². The van der Waals surface area contributed by atoms with Gasteiger partial charge in [0.1, 0.15) is 6.61 Å². The Kier molecular flexibility index (Phi) is 4.78. The molecule has 3 rings (SSSR count). The number of aliphatic hydroxyl groups is 2. The Balaban J connectivity index is 1.97. The Morgan fingerprint density at radius 1 is 1.50 bits per heavy atom.